The molecule has 0 aliphatic rings. The van der Waals surface area contributed by atoms with Crippen LogP contribution in [0.25, 0.3) is 16.7 Å². The van der Waals surface area contributed by atoms with E-state index in [1.807, 2.05) is 28.9 Å². The van der Waals surface area contributed by atoms with E-state index in [1.165, 1.54) is 11.1 Å². The monoisotopic (exact) mass is 252 g/mol. The Balaban J connectivity index is 2.11. The van der Waals surface area contributed by atoms with Crippen LogP contribution in [0.1, 0.15) is 11.1 Å². The van der Waals surface area contributed by atoms with Gasteiger partial charge in [0, 0.05) is 0 Å². The Labute approximate surface area is 111 Å². The predicted octanol–water partition coefficient (Wildman–Crippen LogP) is 2.23. The number of nitrogens with zero attached hydrogens (tertiary/aromatic N) is 3. The van der Waals surface area contributed by atoms with Gasteiger partial charge in [0.05, 0.1) is 11.2 Å². The molecule has 2 aromatic carbocycles. The summed E-state index contributed by atoms with van der Waals surface area (Å²) in [6, 6.07) is 14.3. The summed E-state index contributed by atoms with van der Waals surface area (Å²) in [5, 5.41) is 8.43. The molecule has 4 heteroatoms. The van der Waals surface area contributed by atoms with Crippen LogP contribution in [-0.2, 0) is 6.42 Å². The van der Waals surface area contributed by atoms with E-state index in [0.717, 1.165) is 23.1 Å². The third-order valence-corrected chi connectivity index (χ3v) is 3.27. The molecule has 0 aliphatic carbocycles. The number of nitrogens with two attached hydrogens (primary N) is 1. The summed E-state index contributed by atoms with van der Waals surface area (Å²) in [5.41, 5.74) is 11.0. The van der Waals surface area contributed by atoms with Gasteiger partial charge in [-0.1, -0.05) is 29.5 Å². The molecule has 0 atom stereocenters. The molecular weight excluding hydrogens is 236 g/mol. The number of benzene rings is 2. The molecule has 1 heterocycles. The molecule has 0 saturated carbocycles. The molecule has 1 aromatic heterocycles. The average Bonchev–Trinajstić information content (AvgIpc) is 2.83. The number of aromatic nitrogens is 3. The summed E-state index contributed by atoms with van der Waals surface area (Å²) in [7, 11) is 0. The number of rotatable bonds is 3. The van der Waals surface area contributed by atoms with Gasteiger partial charge in [-0.25, -0.2) is 4.68 Å². The van der Waals surface area contributed by atoms with Gasteiger partial charge < -0.3 is 5.73 Å². The highest BCUT2D eigenvalue weighted by Crippen LogP contribution is 2.20. The van der Waals surface area contributed by atoms with Crippen molar-refractivity contribution in [3.63, 3.8) is 0 Å². The Morgan fingerprint density at radius 1 is 1.16 bits per heavy atom. The van der Waals surface area contributed by atoms with Crippen molar-refractivity contribution in [1.29, 1.82) is 0 Å². The van der Waals surface area contributed by atoms with Gasteiger partial charge in [-0.05, 0) is 49.2 Å². The van der Waals surface area contributed by atoms with Crippen molar-refractivity contribution in [3.05, 3.63) is 53.6 Å². The number of hydrogen-bond acceptors (Lipinski definition) is 3. The van der Waals surface area contributed by atoms with Crippen LogP contribution in [0.3, 0.4) is 0 Å². The zero-order valence-corrected chi connectivity index (χ0v) is 10.9. The summed E-state index contributed by atoms with van der Waals surface area (Å²) < 4.78 is 1.89. The van der Waals surface area contributed by atoms with E-state index in [0.29, 0.717) is 6.54 Å². The lowest BCUT2D eigenvalue weighted by molar-refractivity contribution is 0.817. The van der Waals surface area contributed by atoms with Gasteiger partial charge in [0.1, 0.15) is 5.52 Å². The first-order chi connectivity index (χ1) is 9.29. The molecule has 96 valence electrons. The van der Waals surface area contributed by atoms with Gasteiger partial charge in [0.25, 0.3) is 0 Å². The van der Waals surface area contributed by atoms with Crippen LogP contribution in [0.2, 0.25) is 0 Å². The Hall–Kier alpha value is -2.20. The molecule has 2 N–H and O–H groups in total. The SMILES string of the molecule is Cc1cc(CCN)ccc1-n1nnc2ccccc21. The standard InChI is InChI=1S/C15H16N4/c1-11-10-12(8-9-16)6-7-14(11)19-15-5-3-2-4-13(15)17-18-19/h2-7,10H,8-9,16H2,1H3. The highest BCUT2D eigenvalue weighted by atomic mass is 15.4. The van der Waals surface area contributed by atoms with Crippen LogP contribution < -0.4 is 5.73 Å². The van der Waals surface area contributed by atoms with Crippen LogP contribution in [-0.4, -0.2) is 21.5 Å². The molecule has 4 nitrogen and oxygen atoms in total. The first-order valence-corrected chi connectivity index (χ1v) is 6.40. The maximum absolute atomic E-state index is 5.59. The van der Waals surface area contributed by atoms with E-state index < -0.39 is 0 Å². The highest BCUT2D eigenvalue weighted by Gasteiger charge is 2.08. The van der Waals surface area contributed by atoms with Gasteiger partial charge in [-0.3, -0.25) is 0 Å². The van der Waals surface area contributed by atoms with Gasteiger partial charge in [-0.15, -0.1) is 5.10 Å². The van der Waals surface area contributed by atoms with Crippen LogP contribution in [0.5, 0.6) is 0 Å². The summed E-state index contributed by atoms with van der Waals surface area (Å²) >= 11 is 0. The smallest absolute Gasteiger partial charge is 0.113 e. The van der Waals surface area contributed by atoms with Gasteiger partial charge in [0.2, 0.25) is 0 Å². The average molecular weight is 252 g/mol. The van der Waals surface area contributed by atoms with Crippen molar-refractivity contribution in [2.45, 2.75) is 13.3 Å². The minimum absolute atomic E-state index is 0.672. The number of aryl methyl sites for hydroxylation is 1. The van der Waals surface area contributed by atoms with Crippen molar-refractivity contribution in [2.24, 2.45) is 5.73 Å². The second kappa shape index (κ2) is 4.82. The van der Waals surface area contributed by atoms with E-state index in [9.17, 15) is 0 Å². The van der Waals surface area contributed by atoms with E-state index in [1.54, 1.807) is 0 Å². The maximum Gasteiger partial charge on any atom is 0.113 e. The fourth-order valence-electron chi connectivity index (χ4n) is 2.32. The lowest BCUT2D eigenvalue weighted by Crippen LogP contribution is -2.04. The first-order valence-electron chi connectivity index (χ1n) is 6.40. The second-order valence-electron chi connectivity index (χ2n) is 4.65. The Morgan fingerprint density at radius 3 is 2.79 bits per heavy atom. The van der Waals surface area contributed by atoms with Crippen LogP contribution >= 0.6 is 0 Å². The Bertz CT molecular complexity index is 715. The third-order valence-electron chi connectivity index (χ3n) is 3.27. The lowest BCUT2D eigenvalue weighted by atomic mass is 10.1. The maximum atomic E-state index is 5.59. The highest BCUT2D eigenvalue weighted by molar-refractivity contribution is 5.76. The molecule has 0 aliphatic heterocycles. The topological polar surface area (TPSA) is 56.7 Å². The zero-order valence-electron chi connectivity index (χ0n) is 10.9. The van der Waals surface area contributed by atoms with Crippen LogP contribution in [0.15, 0.2) is 42.5 Å². The van der Waals surface area contributed by atoms with Crippen molar-refractivity contribution in [3.8, 4) is 5.69 Å². The largest absolute Gasteiger partial charge is 0.330 e. The molecule has 0 saturated heterocycles. The van der Waals surface area contributed by atoms with E-state index >= 15 is 0 Å². The van der Waals surface area contributed by atoms with Crippen molar-refractivity contribution >= 4 is 11.0 Å². The quantitative estimate of drug-likeness (QED) is 0.777. The van der Waals surface area contributed by atoms with Crippen LogP contribution in [0.4, 0.5) is 0 Å². The summed E-state index contributed by atoms with van der Waals surface area (Å²) in [6.07, 6.45) is 0.902. The summed E-state index contributed by atoms with van der Waals surface area (Å²) in [4.78, 5) is 0. The Kier molecular flexibility index (Phi) is 3.01. The fourth-order valence-corrected chi connectivity index (χ4v) is 2.32. The summed E-state index contributed by atoms with van der Waals surface area (Å²) in [5.74, 6) is 0. The molecule has 3 aromatic rings. The molecule has 19 heavy (non-hydrogen) atoms. The van der Waals surface area contributed by atoms with Gasteiger partial charge in [0.15, 0.2) is 0 Å². The minimum atomic E-state index is 0.672. The molecular formula is C15H16N4. The molecule has 0 spiro atoms. The van der Waals surface area contributed by atoms with Crippen LogP contribution in [0, 0.1) is 6.92 Å². The van der Waals surface area contributed by atoms with E-state index in [4.69, 9.17) is 5.73 Å². The summed E-state index contributed by atoms with van der Waals surface area (Å²) in [6.45, 7) is 2.76. The van der Waals surface area contributed by atoms with E-state index in [2.05, 4.69) is 35.4 Å². The van der Waals surface area contributed by atoms with Gasteiger partial charge >= 0.3 is 0 Å². The molecule has 0 radical (unpaired) electrons. The molecule has 0 unspecified atom stereocenters. The van der Waals surface area contributed by atoms with E-state index in [-0.39, 0.29) is 0 Å². The molecule has 0 bridgehead atoms. The van der Waals surface area contributed by atoms with Crippen molar-refractivity contribution in [1.82, 2.24) is 15.0 Å². The number of para-hydroxylation sites is 1. The predicted molar refractivity (Wildman–Crippen MR) is 76.4 cm³/mol. The second-order valence-corrected chi connectivity index (χ2v) is 4.65. The Morgan fingerprint density at radius 2 is 2.00 bits per heavy atom. The third kappa shape index (κ3) is 2.11. The minimum Gasteiger partial charge on any atom is -0.330 e. The number of fused-ring (bicyclic) bond motifs is 1. The molecule has 3 rings (SSSR count). The molecule has 0 amide bonds. The van der Waals surface area contributed by atoms with Crippen molar-refractivity contribution in [2.75, 3.05) is 6.54 Å². The number of hydrogen-bond donors (Lipinski definition) is 1. The zero-order chi connectivity index (χ0) is 13.2. The molecule has 0 fully saturated rings. The van der Waals surface area contributed by atoms with Gasteiger partial charge in [-0.2, -0.15) is 0 Å². The van der Waals surface area contributed by atoms with Crippen molar-refractivity contribution < 1.29 is 0 Å². The normalized spacial score (nSPS) is 11.1. The lowest BCUT2D eigenvalue weighted by Gasteiger charge is -2.08. The first kappa shape index (κ1) is 11.9. The fraction of sp³-hybridized carbons (Fsp3) is 0.200.